The van der Waals surface area contributed by atoms with Crippen molar-refractivity contribution < 1.29 is 4.79 Å². The second kappa shape index (κ2) is 7.95. The number of H-pyrrole nitrogens is 2. The number of aromatic amines is 2. The lowest BCUT2D eigenvalue weighted by molar-refractivity contribution is -0.119. The number of nitrogens with one attached hydrogen (secondary N) is 4. The molecule has 0 fully saturated rings. The molecule has 9 nitrogen and oxygen atoms in total. The van der Waals surface area contributed by atoms with Gasteiger partial charge in [0.2, 0.25) is 5.82 Å². The van der Waals surface area contributed by atoms with E-state index in [0.29, 0.717) is 15.6 Å². The van der Waals surface area contributed by atoms with Crippen LogP contribution in [0.1, 0.15) is 5.56 Å². The summed E-state index contributed by atoms with van der Waals surface area (Å²) in [4.78, 5) is 35.7. The van der Waals surface area contributed by atoms with Gasteiger partial charge in [0.25, 0.3) is 11.5 Å². The Morgan fingerprint density at radius 1 is 1.25 bits per heavy atom. The molecule has 0 aliphatic rings. The Balaban J connectivity index is 1.95. The van der Waals surface area contributed by atoms with Gasteiger partial charge in [-0.3, -0.25) is 14.6 Å². The maximum absolute atomic E-state index is 11.6. The molecule has 2 rings (SSSR count). The summed E-state index contributed by atoms with van der Waals surface area (Å²) in [5.41, 5.74) is 1.04. The summed E-state index contributed by atoms with van der Waals surface area (Å²) in [6.45, 7) is -0.309. The zero-order chi connectivity index (χ0) is 17.7. The predicted octanol–water partition coefficient (Wildman–Crippen LogP) is 0.981. The van der Waals surface area contributed by atoms with Gasteiger partial charge in [0.1, 0.15) is 0 Å². The molecule has 0 radical (unpaired) electrons. The van der Waals surface area contributed by atoms with Gasteiger partial charge in [-0.05, 0) is 12.1 Å². The number of aromatic nitrogens is 3. The van der Waals surface area contributed by atoms with Crippen molar-refractivity contribution in [1.82, 2.24) is 20.6 Å². The van der Waals surface area contributed by atoms with Gasteiger partial charge in [-0.1, -0.05) is 34.8 Å². The highest BCUT2D eigenvalue weighted by atomic mass is 35.5. The van der Waals surface area contributed by atoms with Gasteiger partial charge in [-0.2, -0.15) is 5.10 Å². The van der Waals surface area contributed by atoms with Crippen LogP contribution in [-0.4, -0.2) is 33.8 Å². The van der Waals surface area contributed by atoms with Crippen LogP contribution < -0.4 is 22.0 Å². The van der Waals surface area contributed by atoms with Crippen molar-refractivity contribution >= 4 is 52.7 Å². The van der Waals surface area contributed by atoms with E-state index >= 15 is 0 Å². The molecule has 1 aromatic heterocycles. The van der Waals surface area contributed by atoms with Crippen LogP contribution in [0.3, 0.4) is 0 Å². The average molecular weight is 392 g/mol. The first kappa shape index (κ1) is 18.0. The van der Waals surface area contributed by atoms with Gasteiger partial charge in [0, 0.05) is 5.56 Å². The number of hydrogen-bond acceptors (Lipinski definition) is 6. The summed E-state index contributed by atoms with van der Waals surface area (Å²) in [5.74, 6) is -0.789. The maximum atomic E-state index is 11.6. The number of carbonyl (C=O) groups excluding carboxylic acids is 1. The van der Waals surface area contributed by atoms with Gasteiger partial charge in [-0.25, -0.2) is 15.3 Å². The van der Waals surface area contributed by atoms with Gasteiger partial charge < -0.3 is 5.32 Å². The normalized spacial score (nSPS) is 10.8. The Labute approximate surface area is 149 Å². The SMILES string of the molecule is O=C(CNc1n[nH]c(=O)[nH]c1=O)N/N=C\c1c(Cl)ccc(Cl)c1Cl. The maximum Gasteiger partial charge on any atom is 0.342 e. The molecule has 126 valence electrons. The molecule has 4 N–H and O–H groups in total. The van der Waals surface area contributed by atoms with Crippen LogP contribution >= 0.6 is 34.8 Å². The highest BCUT2D eigenvalue weighted by Gasteiger charge is 2.08. The van der Waals surface area contributed by atoms with E-state index in [9.17, 15) is 14.4 Å². The second-order valence-electron chi connectivity index (χ2n) is 4.26. The summed E-state index contributed by atoms with van der Waals surface area (Å²) in [6, 6.07) is 3.06. The summed E-state index contributed by atoms with van der Waals surface area (Å²) < 4.78 is 0. The fourth-order valence-corrected chi connectivity index (χ4v) is 2.13. The van der Waals surface area contributed by atoms with Crippen LogP contribution in [0, 0.1) is 0 Å². The van der Waals surface area contributed by atoms with Gasteiger partial charge in [-0.15, -0.1) is 5.10 Å². The molecular formula is C12H9Cl3N6O3. The number of nitrogens with zero attached hydrogens (tertiary/aromatic N) is 2. The Kier molecular flexibility index (Phi) is 5.96. The van der Waals surface area contributed by atoms with E-state index in [1.807, 2.05) is 10.1 Å². The molecule has 1 heterocycles. The van der Waals surface area contributed by atoms with Crippen LogP contribution in [0.5, 0.6) is 0 Å². The smallest absolute Gasteiger partial charge is 0.342 e. The fraction of sp³-hybridized carbons (Fsp3) is 0.0833. The van der Waals surface area contributed by atoms with Crippen molar-refractivity contribution in [3.63, 3.8) is 0 Å². The largest absolute Gasteiger partial charge is 0.355 e. The Hall–Kier alpha value is -2.36. The highest BCUT2D eigenvalue weighted by molar-refractivity contribution is 6.45. The number of hydrogen-bond donors (Lipinski definition) is 4. The average Bonchev–Trinajstić information content (AvgIpc) is 2.53. The lowest BCUT2D eigenvalue weighted by Crippen LogP contribution is -2.31. The van der Waals surface area contributed by atoms with E-state index in [-0.39, 0.29) is 17.4 Å². The number of anilines is 1. The molecular weight excluding hydrogens is 383 g/mol. The molecule has 0 aliphatic carbocycles. The zero-order valence-electron chi connectivity index (χ0n) is 11.7. The van der Waals surface area contributed by atoms with Crippen LogP contribution in [0.25, 0.3) is 0 Å². The minimum absolute atomic E-state index is 0.198. The third-order valence-electron chi connectivity index (χ3n) is 2.59. The topological polar surface area (TPSA) is 132 Å². The number of benzene rings is 1. The van der Waals surface area contributed by atoms with Crippen molar-refractivity contribution in [3.8, 4) is 0 Å². The molecule has 24 heavy (non-hydrogen) atoms. The van der Waals surface area contributed by atoms with E-state index in [1.165, 1.54) is 18.3 Å². The highest BCUT2D eigenvalue weighted by Crippen LogP contribution is 2.29. The lowest BCUT2D eigenvalue weighted by Gasteiger charge is -2.04. The van der Waals surface area contributed by atoms with Crippen molar-refractivity contribution in [2.24, 2.45) is 5.10 Å². The van der Waals surface area contributed by atoms with Gasteiger partial charge in [0.15, 0.2) is 0 Å². The lowest BCUT2D eigenvalue weighted by atomic mass is 10.2. The summed E-state index contributed by atoms with van der Waals surface area (Å²) in [7, 11) is 0. The van der Waals surface area contributed by atoms with Crippen molar-refractivity contribution in [3.05, 3.63) is 53.6 Å². The molecule has 0 saturated carbocycles. The number of halogens is 3. The van der Waals surface area contributed by atoms with E-state index < -0.39 is 17.2 Å². The molecule has 1 aromatic carbocycles. The molecule has 1 amide bonds. The first-order chi connectivity index (χ1) is 11.4. The monoisotopic (exact) mass is 390 g/mol. The first-order valence-corrected chi connectivity index (χ1v) is 7.40. The van der Waals surface area contributed by atoms with E-state index in [2.05, 4.69) is 20.9 Å². The van der Waals surface area contributed by atoms with Crippen molar-refractivity contribution in [1.29, 1.82) is 0 Å². The molecule has 12 heteroatoms. The van der Waals surface area contributed by atoms with Crippen molar-refractivity contribution in [2.45, 2.75) is 0 Å². The van der Waals surface area contributed by atoms with Crippen LogP contribution in [0.15, 0.2) is 26.8 Å². The molecule has 0 atom stereocenters. The first-order valence-electron chi connectivity index (χ1n) is 6.26. The zero-order valence-corrected chi connectivity index (χ0v) is 14.0. The summed E-state index contributed by atoms with van der Waals surface area (Å²) in [6.07, 6.45) is 1.24. The number of rotatable bonds is 5. The van der Waals surface area contributed by atoms with Crippen LogP contribution in [0.4, 0.5) is 5.82 Å². The minimum Gasteiger partial charge on any atom is -0.355 e. The standard InChI is InChI=1S/C12H9Cl3N6O3/c13-6-1-2-7(14)9(15)5(6)3-17-19-8(22)4-16-10-11(23)18-12(24)21-20-10/h1-3H,4H2,(H,16,20)(H,19,22)(H2,18,21,23,24)/b17-3-. The van der Waals surface area contributed by atoms with E-state index in [0.717, 1.165) is 0 Å². The van der Waals surface area contributed by atoms with E-state index in [4.69, 9.17) is 34.8 Å². The molecule has 0 bridgehead atoms. The second-order valence-corrected chi connectivity index (χ2v) is 5.45. The molecule has 0 saturated heterocycles. The Bertz CT molecular complexity index is 908. The van der Waals surface area contributed by atoms with Crippen LogP contribution in [0.2, 0.25) is 15.1 Å². The van der Waals surface area contributed by atoms with E-state index in [1.54, 1.807) is 0 Å². The molecule has 0 aliphatic heterocycles. The minimum atomic E-state index is -0.757. The summed E-state index contributed by atoms with van der Waals surface area (Å²) in [5, 5.41) is 12.4. The predicted molar refractivity (Wildman–Crippen MR) is 91.2 cm³/mol. The Morgan fingerprint density at radius 3 is 2.67 bits per heavy atom. The molecule has 2 aromatic rings. The summed E-state index contributed by atoms with van der Waals surface area (Å²) >= 11 is 17.8. The number of hydrazone groups is 1. The van der Waals surface area contributed by atoms with Gasteiger partial charge >= 0.3 is 5.69 Å². The molecule has 0 spiro atoms. The Morgan fingerprint density at radius 2 is 1.96 bits per heavy atom. The van der Waals surface area contributed by atoms with Gasteiger partial charge in [0.05, 0.1) is 27.8 Å². The van der Waals surface area contributed by atoms with Crippen LogP contribution in [-0.2, 0) is 4.79 Å². The third kappa shape index (κ3) is 4.57. The van der Waals surface area contributed by atoms with Crippen molar-refractivity contribution in [2.75, 3.05) is 11.9 Å². The third-order valence-corrected chi connectivity index (χ3v) is 3.74. The number of carbonyl (C=O) groups is 1. The molecule has 0 unspecified atom stereocenters. The number of amides is 1. The quantitative estimate of drug-likeness (QED) is 0.343. The fourth-order valence-electron chi connectivity index (χ4n) is 1.50.